The first-order chi connectivity index (χ1) is 10.2. The third kappa shape index (κ3) is 4.59. The van der Waals surface area contributed by atoms with Crippen molar-refractivity contribution in [1.29, 1.82) is 0 Å². The highest BCUT2D eigenvalue weighted by Gasteiger charge is 2.15. The molecule has 21 heavy (non-hydrogen) atoms. The zero-order chi connectivity index (χ0) is 15.1. The number of anilines is 1. The number of nitrogens with zero attached hydrogens (tertiary/aromatic N) is 3. The molecule has 0 aliphatic rings. The summed E-state index contributed by atoms with van der Waals surface area (Å²) in [5.41, 5.74) is 0.880. The molecule has 0 bridgehead atoms. The van der Waals surface area contributed by atoms with Gasteiger partial charge in [0.05, 0.1) is 5.75 Å². The maximum Gasteiger partial charge on any atom is 0.237 e. The lowest BCUT2D eigenvalue weighted by atomic mass is 10.3. The molecule has 0 aliphatic heterocycles. The van der Waals surface area contributed by atoms with Crippen LogP contribution in [0.1, 0.15) is 0 Å². The highest BCUT2D eigenvalue weighted by Crippen LogP contribution is 2.27. The Morgan fingerprint density at radius 3 is 2.67 bits per heavy atom. The molecule has 1 aromatic heterocycles. The summed E-state index contributed by atoms with van der Waals surface area (Å²) in [5, 5.41) is 8.08. The van der Waals surface area contributed by atoms with Crippen LogP contribution in [0.2, 0.25) is 0 Å². The quantitative estimate of drug-likeness (QED) is 0.571. The van der Waals surface area contributed by atoms with Gasteiger partial charge in [0, 0.05) is 12.2 Å². The summed E-state index contributed by atoms with van der Waals surface area (Å²) in [6.07, 6.45) is 3.69. The number of carbonyl (C=O) groups excluding carboxylic acids is 1. The van der Waals surface area contributed by atoms with Gasteiger partial charge >= 0.3 is 0 Å². The van der Waals surface area contributed by atoms with Crippen molar-refractivity contribution < 1.29 is 4.79 Å². The number of aromatic nitrogens is 2. The van der Waals surface area contributed by atoms with Crippen LogP contribution in [0.15, 0.2) is 51.7 Å². The summed E-state index contributed by atoms with van der Waals surface area (Å²) in [6.45, 7) is 4.21. The minimum atomic E-state index is 0.0343. The molecule has 1 amide bonds. The van der Waals surface area contributed by atoms with Crippen molar-refractivity contribution in [2.45, 2.75) is 8.68 Å². The van der Waals surface area contributed by atoms with Gasteiger partial charge < -0.3 is 4.90 Å². The van der Waals surface area contributed by atoms with Gasteiger partial charge in [0.2, 0.25) is 5.91 Å². The second-order valence-electron chi connectivity index (χ2n) is 3.96. The maximum atomic E-state index is 12.4. The number of amides is 1. The van der Waals surface area contributed by atoms with Gasteiger partial charge in [-0.05, 0) is 18.4 Å². The number of thioether (sulfide) groups is 2. The van der Waals surface area contributed by atoms with Gasteiger partial charge in [0.15, 0.2) is 8.68 Å². The van der Waals surface area contributed by atoms with E-state index in [0.29, 0.717) is 12.3 Å². The largest absolute Gasteiger partial charge is 0.308 e. The summed E-state index contributed by atoms with van der Waals surface area (Å²) in [4.78, 5) is 14.1. The minimum absolute atomic E-state index is 0.0343. The van der Waals surface area contributed by atoms with Crippen molar-refractivity contribution in [1.82, 2.24) is 10.2 Å². The molecule has 7 heteroatoms. The van der Waals surface area contributed by atoms with Crippen LogP contribution in [0.3, 0.4) is 0 Å². The maximum absolute atomic E-state index is 12.4. The lowest BCUT2D eigenvalue weighted by molar-refractivity contribution is -0.116. The van der Waals surface area contributed by atoms with E-state index in [1.54, 1.807) is 22.7 Å². The van der Waals surface area contributed by atoms with E-state index in [9.17, 15) is 4.79 Å². The normalized spacial score (nSPS) is 10.3. The van der Waals surface area contributed by atoms with E-state index in [2.05, 4.69) is 16.8 Å². The standard InChI is InChI=1S/C14H15N3OS3/c1-3-9-17(11-7-5-4-6-8-11)12(18)10-20-14-16-15-13(19-2)21-14/h3-8H,1,9-10H2,2H3. The van der Waals surface area contributed by atoms with Crippen LogP contribution >= 0.6 is 34.9 Å². The monoisotopic (exact) mass is 337 g/mol. The summed E-state index contributed by atoms with van der Waals surface area (Å²) < 4.78 is 1.73. The smallest absolute Gasteiger partial charge is 0.237 e. The van der Waals surface area contributed by atoms with Crippen LogP contribution in [0, 0.1) is 0 Å². The Kier molecular flexibility index (Phi) is 6.28. The van der Waals surface area contributed by atoms with Gasteiger partial charge in [-0.15, -0.1) is 16.8 Å². The number of hydrogen-bond donors (Lipinski definition) is 0. The molecule has 0 radical (unpaired) electrons. The minimum Gasteiger partial charge on any atom is -0.308 e. The van der Waals surface area contributed by atoms with Crippen LogP contribution in [-0.2, 0) is 4.79 Å². The zero-order valence-electron chi connectivity index (χ0n) is 11.6. The highest BCUT2D eigenvalue weighted by atomic mass is 32.2. The number of carbonyl (C=O) groups is 1. The molecule has 1 aromatic carbocycles. The van der Waals surface area contributed by atoms with E-state index in [1.165, 1.54) is 23.1 Å². The molecule has 0 fully saturated rings. The van der Waals surface area contributed by atoms with Crippen molar-refractivity contribution in [3.05, 3.63) is 43.0 Å². The molecule has 2 rings (SSSR count). The first kappa shape index (κ1) is 16.1. The van der Waals surface area contributed by atoms with Crippen molar-refractivity contribution in [3.8, 4) is 0 Å². The third-order valence-corrected chi connectivity index (χ3v) is 5.58. The van der Waals surface area contributed by atoms with Crippen LogP contribution < -0.4 is 4.90 Å². The predicted molar refractivity (Wildman–Crippen MR) is 91.4 cm³/mol. The van der Waals surface area contributed by atoms with Gasteiger partial charge in [-0.2, -0.15) is 0 Å². The van der Waals surface area contributed by atoms with Crippen molar-refractivity contribution in [3.63, 3.8) is 0 Å². The van der Waals surface area contributed by atoms with Gasteiger partial charge in [0.25, 0.3) is 0 Å². The van der Waals surface area contributed by atoms with E-state index in [1.807, 2.05) is 36.6 Å². The Morgan fingerprint density at radius 2 is 2.05 bits per heavy atom. The van der Waals surface area contributed by atoms with E-state index in [0.717, 1.165) is 14.4 Å². The van der Waals surface area contributed by atoms with Gasteiger partial charge in [-0.25, -0.2) is 0 Å². The molecule has 0 saturated carbocycles. The number of rotatable bonds is 7. The summed E-state index contributed by atoms with van der Waals surface area (Å²) in [6, 6.07) is 9.61. The van der Waals surface area contributed by atoms with E-state index in [-0.39, 0.29) is 5.91 Å². The molecule has 0 aliphatic carbocycles. The van der Waals surface area contributed by atoms with E-state index >= 15 is 0 Å². The predicted octanol–water partition coefficient (Wildman–Crippen LogP) is 3.57. The Labute approximate surface area is 136 Å². The fourth-order valence-electron chi connectivity index (χ4n) is 1.63. The molecular formula is C14H15N3OS3. The van der Waals surface area contributed by atoms with Gasteiger partial charge in [0.1, 0.15) is 0 Å². The van der Waals surface area contributed by atoms with Crippen molar-refractivity contribution >= 4 is 46.5 Å². The van der Waals surface area contributed by atoms with Crippen molar-refractivity contribution in [2.75, 3.05) is 23.5 Å². The van der Waals surface area contributed by atoms with E-state index in [4.69, 9.17) is 0 Å². The fourth-order valence-corrected chi connectivity index (χ4v) is 3.94. The second-order valence-corrected chi connectivity index (χ2v) is 7.21. The molecule has 0 unspecified atom stereocenters. The fraction of sp³-hybridized carbons (Fsp3) is 0.214. The molecular weight excluding hydrogens is 322 g/mol. The third-order valence-electron chi connectivity index (χ3n) is 2.56. The zero-order valence-corrected chi connectivity index (χ0v) is 14.0. The Morgan fingerprint density at radius 1 is 1.33 bits per heavy atom. The first-order valence-electron chi connectivity index (χ1n) is 6.21. The van der Waals surface area contributed by atoms with Gasteiger partial charge in [-0.1, -0.05) is 59.1 Å². The molecule has 110 valence electrons. The van der Waals surface area contributed by atoms with Crippen molar-refractivity contribution in [2.24, 2.45) is 0 Å². The molecule has 0 atom stereocenters. The Bertz CT molecular complexity index is 601. The summed E-state index contributed by atoms with van der Waals surface area (Å²) in [5.74, 6) is 0.373. The van der Waals surface area contributed by atoms with E-state index < -0.39 is 0 Å². The van der Waals surface area contributed by atoms with Crippen LogP contribution in [0.25, 0.3) is 0 Å². The lowest BCUT2D eigenvalue weighted by Gasteiger charge is -2.20. The Balaban J connectivity index is 2.00. The number of benzene rings is 1. The molecule has 0 spiro atoms. The topological polar surface area (TPSA) is 46.1 Å². The molecule has 1 heterocycles. The second kappa shape index (κ2) is 8.21. The van der Waals surface area contributed by atoms with Crippen LogP contribution in [0.5, 0.6) is 0 Å². The molecule has 2 aromatic rings. The molecule has 4 nitrogen and oxygen atoms in total. The number of para-hydroxylation sites is 1. The molecule has 0 saturated heterocycles. The average molecular weight is 337 g/mol. The first-order valence-corrected chi connectivity index (χ1v) is 9.24. The SMILES string of the molecule is C=CCN(C(=O)CSc1nnc(SC)s1)c1ccccc1. The van der Waals surface area contributed by atoms with Crippen LogP contribution in [-0.4, -0.2) is 34.7 Å². The summed E-state index contributed by atoms with van der Waals surface area (Å²) >= 11 is 4.49. The average Bonchev–Trinajstić information content (AvgIpc) is 2.99. The van der Waals surface area contributed by atoms with Crippen LogP contribution in [0.4, 0.5) is 5.69 Å². The highest BCUT2D eigenvalue weighted by molar-refractivity contribution is 8.03. The molecule has 0 N–H and O–H groups in total. The Hall–Kier alpha value is -1.31. The number of hydrogen-bond acceptors (Lipinski definition) is 6. The lowest BCUT2D eigenvalue weighted by Crippen LogP contribution is -2.32. The summed E-state index contributed by atoms with van der Waals surface area (Å²) in [7, 11) is 0. The van der Waals surface area contributed by atoms with Gasteiger partial charge in [-0.3, -0.25) is 4.79 Å².